The Morgan fingerprint density at radius 1 is 1.00 bits per heavy atom. The highest BCUT2D eigenvalue weighted by atomic mass is 16.6. The molecule has 0 aliphatic carbocycles. The van der Waals surface area contributed by atoms with Crippen LogP contribution in [0, 0.1) is 10.1 Å². The monoisotopic (exact) mass is 256 g/mol. The predicted octanol–water partition coefficient (Wildman–Crippen LogP) is 3.23. The Bertz CT molecular complexity index is 555. The van der Waals surface area contributed by atoms with Crippen molar-refractivity contribution < 1.29 is 4.92 Å². The van der Waals surface area contributed by atoms with Crippen LogP contribution < -0.4 is 0 Å². The van der Waals surface area contributed by atoms with Crippen molar-refractivity contribution in [3.8, 4) is 0 Å². The molecule has 0 aliphatic rings. The van der Waals surface area contributed by atoms with Crippen LogP contribution in [0.25, 0.3) is 0 Å². The van der Waals surface area contributed by atoms with E-state index in [1.807, 2.05) is 31.3 Å². The van der Waals surface area contributed by atoms with Crippen LogP contribution in [0.4, 0.5) is 5.69 Å². The minimum atomic E-state index is -0.360. The van der Waals surface area contributed by atoms with E-state index in [1.165, 1.54) is 11.6 Å². The van der Waals surface area contributed by atoms with Gasteiger partial charge in [0.15, 0.2) is 0 Å². The van der Waals surface area contributed by atoms with Crippen LogP contribution in [0.1, 0.15) is 11.1 Å². The number of benzene rings is 2. The van der Waals surface area contributed by atoms with Gasteiger partial charge < -0.3 is 0 Å². The van der Waals surface area contributed by atoms with Gasteiger partial charge in [-0.25, -0.2) is 0 Å². The molecule has 2 aromatic rings. The van der Waals surface area contributed by atoms with Gasteiger partial charge in [0.25, 0.3) is 5.69 Å². The van der Waals surface area contributed by atoms with Crippen molar-refractivity contribution in [3.05, 3.63) is 75.8 Å². The lowest BCUT2D eigenvalue weighted by molar-refractivity contribution is -0.384. The Morgan fingerprint density at radius 2 is 1.63 bits per heavy atom. The minimum Gasteiger partial charge on any atom is -0.298 e. The number of nitro benzene ring substituents is 1. The van der Waals surface area contributed by atoms with E-state index >= 15 is 0 Å². The molecular weight excluding hydrogens is 240 g/mol. The number of hydrogen-bond acceptors (Lipinski definition) is 3. The van der Waals surface area contributed by atoms with Crippen LogP contribution in [-0.2, 0) is 13.1 Å². The Kier molecular flexibility index (Phi) is 4.26. The van der Waals surface area contributed by atoms with E-state index in [9.17, 15) is 10.1 Å². The van der Waals surface area contributed by atoms with Gasteiger partial charge in [0.05, 0.1) is 4.92 Å². The zero-order valence-electron chi connectivity index (χ0n) is 10.8. The Labute approximate surface area is 112 Å². The van der Waals surface area contributed by atoms with E-state index in [2.05, 4.69) is 17.0 Å². The average molecular weight is 256 g/mol. The summed E-state index contributed by atoms with van der Waals surface area (Å²) in [5.41, 5.74) is 2.33. The summed E-state index contributed by atoms with van der Waals surface area (Å²) in [6.45, 7) is 1.51. The van der Waals surface area contributed by atoms with Crippen molar-refractivity contribution in [1.29, 1.82) is 0 Å². The lowest BCUT2D eigenvalue weighted by Gasteiger charge is -2.16. The maximum atomic E-state index is 10.7. The largest absolute Gasteiger partial charge is 0.298 e. The highest BCUT2D eigenvalue weighted by Gasteiger charge is 2.07. The normalized spacial score (nSPS) is 10.6. The fraction of sp³-hybridized carbons (Fsp3) is 0.200. The van der Waals surface area contributed by atoms with E-state index in [4.69, 9.17) is 0 Å². The summed E-state index contributed by atoms with van der Waals surface area (Å²) < 4.78 is 0. The summed E-state index contributed by atoms with van der Waals surface area (Å²) in [6, 6.07) is 16.9. The minimum absolute atomic E-state index is 0.144. The molecule has 98 valence electrons. The number of non-ortho nitro benzene ring substituents is 1. The first-order chi connectivity index (χ1) is 9.15. The van der Waals surface area contributed by atoms with Crippen molar-refractivity contribution in [3.63, 3.8) is 0 Å². The molecule has 0 unspecified atom stereocenters. The molecule has 0 radical (unpaired) electrons. The van der Waals surface area contributed by atoms with Crippen LogP contribution in [-0.4, -0.2) is 16.9 Å². The first kappa shape index (κ1) is 13.2. The molecule has 19 heavy (non-hydrogen) atoms. The standard InChI is InChI=1S/C15H16N2O2/c1-16(11-13-6-3-2-4-7-13)12-14-8-5-9-15(10-14)17(18)19/h2-10H,11-12H2,1H3. The summed E-state index contributed by atoms with van der Waals surface area (Å²) >= 11 is 0. The molecule has 4 nitrogen and oxygen atoms in total. The molecule has 0 N–H and O–H groups in total. The molecule has 0 saturated heterocycles. The molecule has 0 fully saturated rings. The Balaban J connectivity index is 2.01. The predicted molar refractivity (Wildman–Crippen MR) is 74.7 cm³/mol. The van der Waals surface area contributed by atoms with Crippen molar-refractivity contribution >= 4 is 5.69 Å². The van der Waals surface area contributed by atoms with Crippen LogP contribution in [0.3, 0.4) is 0 Å². The highest BCUT2D eigenvalue weighted by Crippen LogP contribution is 2.15. The maximum Gasteiger partial charge on any atom is 0.269 e. The summed E-state index contributed by atoms with van der Waals surface area (Å²) in [7, 11) is 2.01. The van der Waals surface area contributed by atoms with Gasteiger partial charge in [-0.1, -0.05) is 42.5 Å². The number of hydrogen-bond donors (Lipinski definition) is 0. The van der Waals surface area contributed by atoms with Crippen LogP contribution in [0.5, 0.6) is 0 Å². The second-order valence-corrected chi connectivity index (χ2v) is 4.58. The van der Waals surface area contributed by atoms with E-state index in [-0.39, 0.29) is 10.6 Å². The molecule has 4 heteroatoms. The molecule has 0 bridgehead atoms. The Morgan fingerprint density at radius 3 is 2.32 bits per heavy atom. The molecule has 2 aromatic carbocycles. The lowest BCUT2D eigenvalue weighted by atomic mass is 10.1. The second-order valence-electron chi connectivity index (χ2n) is 4.58. The fourth-order valence-electron chi connectivity index (χ4n) is 2.03. The Hall–Kier alpha value is -2.20. The van der Waals surface area contributed by atoms with E-state index in [0.29, 0.717) is 6.54 Å². The maximum absolute atomic E-state index is 10.7. The summed E-state index contributed by atoms with van der Waals surface area (Å²) in [6.07, 6.45) is 0. The summed E-state index contributed by atoms with van der Waals surface area (Å²) in [4.78, 5) is 12.5. The van der Waals surface area contributed by atoms with Crippen LogP contribution >= 0.6 is 0 Å². The SMILES string of the molecule is CN(Cc1ccccc1)Cc1cccc([N+](=O)[O-])c1. The molecule has 2 rings (SSSR count). The molecule has 0 aliphatic heterocycles. The van der Waals surface area contributed by atoms with Gasteiger partial charge in [0.2, 0.25) is 0 Å². The molecular formula is C15H16N2O2. The third kappa shape index (κ3) is 3.89. The van der Waals surface area contributed by atoms with Gasteiger partial charge in [0.1, 0.15) is 0 Å². The van der Waals surface area contributed by atoms with E-state index in [0.717, 1.165) is 12.1 Å². The first-order valence-electron chi connectivity index (χ1n) is 6.11. The summed E-state index contributed by atoms with van der Waals surface area (Å²) in [5.74, 6) is 0. The highest BCUT2D eigenvalue weighted by molar-refractivity contribution is 5.34. The van der Waals surface area contributed by atoms with E-state index < -0.39 is 0 Å². The van der Waals surface area contributed by atoms with Gasteiger partial charge in [-0.05, 0) is 18.2 Å². The van der Waals surface area contributed by atoms with Gasteiger partial charge >= 0.3 is 0 Å². The molecule has 0 aromatic heterocycles. The third-order valence-electron chi connectivity index (χ3n) is 2.87. The zero-order valence-corrected chi connectivity index (χ0v) is 10.8. The fourth-order valence-corrected chi connectivity index (χ4v) is 2.03. The van der Waals surface area contributed by atoms with Gasteiger partial charge in [-0.3, -0.25) is 15.0 Å². The smallest absolute Gasteiger partial charge is 0.269 e. The average Bonchev–Trinajstić information content (AvgIpc) is 2.40. The number of rotatable bonds is 5. The van der Waals surface area contributed by atoms with Gasteiger partial charge in [-0.2, -0.15) is 0 Å². The van der Waals surface area contributed by atoms with E-state index in [1.54, 1.807) is 12.1 Å². The van der Waals surface area contributed by atoms with Gasteiger partial charge in [0, 0.05) is 25.2 Å². The number of nitro groups is 1. The lowest BCUT2D eigenvalue weighted by Crippen LogP contribution is -2.17. The molecule has 0 amide bonds. The van der Waals surface area contributed by atoms with Crippen LogP contribution in [0.15, 0.2) is 54.6 Å². The van der Waals surface area contributed by atoms with Crippen LogP contribution in [0.2, 0.25) is 0 Å². The summed E-state index contributed by atoms with van der Waals surface area (Å²) in [5, 5.41) is 10.7. The van der Waals surface area contributed by atoms with Crippen molar-refractivity contribution in [2.24, 2.45) is 0 Å². The molecule has 0 atom stereocenters. The van der Waals surface area contributed by atoms with Crippen molar-refractivity contribution in [2.75, 3.05) is 7.05 Å². The molecule has 0 spiro atoms. The molecule has 0 heterocycles. The number of nitrogens with zero attached hydrogens (tertiary/aromatic N) is 2. The zero-order chi connectivity index (χ0) is 13.7. The van der Waals surface area contributed by atoms with Crippen molar-refractivity contribution in [1.82, 2.24) is 4.90 Å². The molecule has 0 saturated carbocycles. The third-order valence-corrected chi connectivity index (χ3v) is 2.87. The first-order valence-corrected chi connectivity index (χ1v) is 6.11. The van der Waals surface area contributed by atoms with Crippen molar-refractivity contribution in [2.45, 2.75) is 13.1 Å². The quantitative estimate of drug-likeness (QED) is 0.609. The second kappa shape index (κ2) is 6.11. The van der Waals surface area contributed by atoms with Gasteiger partial charge in [-0.15, -0.1) is 0 Å². The topological polar surface area (TPSA) is 46.4 Å².